The number of methoxy groups -OCH3 is 1. The van der Waals surface area contributed by atoms with Gasteiger partial charge in [-0.15, -0.1) is 0 Å². The fourth-order valence-electron chi connectivity index (χ4n) is 1.43. The third-order valence-electron chi connectivity index (χ3n) is 2.37. The first-order valence-electron chi connectivity index (χ1n) is 5.36. The number of carbonyl (C=O) groups excluding carboxylic acids is 1. The lowest BCUT2D eigenvalue weighted by molar-refractivity contribution is -0.129. The van der Waals surface area contributed by atoms with Crippen LogP contribution < -0.4 is 4.89 Å². The van der Waals surface area contributed by atoms with Crippen LogP contribution >= 0.6 is 0 Å². The SMILES string of the molecule is COC(=O)c1cc(C)c(OOS(=O)(=O)C(F)(F)F)c(C)c1. The van der Waals surface area contributed by atoms with Crippen molar-refractivity contribution in [2.24, 2.45) is 0 Å². The fraction of sp³-hybridized carbons (Fsp3) is 0.364. The van der Waals surface area contributed by atoms with Crippen LogP contribution in [-0.4, -0.2) is 27.0 Å². The Labute approximate surface area is 118 Å². The highest BCUT2D eigenvalue weighted by molar-refractivity contribution is 7.87. The number of halogens is 3. The zero-order valence-electron chi connectivity index (χ0n) is 11.1. The molecule has 0 bridgehead atoms. The minimum Gasteiger partial charge on any atom is -0.465 e. The molecule has 6 nitrogen and oxygen atoms in total. The molecule has 0 saturated heterocycles. The third kappa shape index (κ3) is 3.85. The largest absolute Gasteiger partial charge is 0.526 e. The first kappa shape index (κ1) is 17.2. The second-order valence-electron chi connectivity index (χ2n) is 3.98. The molecule has 0 N–H and O–H groups in total. The summed E-state index contributed by atoms with van der Waals surface area (Å²) in [4.78, 5) is 15.6. The molecule has 0 radical (unpaired) electrons. The first-order chi connectivity index (χ1) is 9.49. The first-order valence-corrected chi connectivity index (χ1v) is 6.77. The molecule has 0 aliphatic rings. The van der Waals surface area contributed by atoms with Gasteiger partial charge in [-0.2, -0.15) is 21.6 Å². The summed E-state index contributed by atoms with van der Waals surface area (Å²) >= 11 is 0. The summed E-state index contributed by atoms with van der Waals surface area (Å²) < 4.78 is 65.7. The van der Waals surface area contributed by atoms with Gasteiger partial charge < -0.3 is 9.62 Å². The van der Waals surface area contributed by atoms with Crippen molar-refractivity contribution in [1.82, 2.24) is 0 Å². The number of benzene rings is 1. The van der Waals surface area contributed by atoms with Crippen LogP contribution in [0.1, 0.15) is 21.5 Å². The number of hydrogen-bond acceptors (Lipinski definition) is 6. The van der Waals surface area contributed by atoms with Crippen LogP contribution in [0.15, 0.2) is 12.1 Å². The Hall–Kier alpha value is -1.81. The summed E-state index contributed by atoms with van der Waals surface area (Å²) in [6.45, 7) is 2.80. The predicted octanol–water partition coefficient (Wildman–Crippen LogP) is 2.25. The zero-order chi connectivity index (χ0) is 16.4. The second kappa shape index (κ2) is 5.90. The summed E-state index contributed by atoms with van der Waals surface area (Å²) in [5.74, 6) is -0.896. The van der Waals surface area contributed by atoms with Gasteiger partial charge >= 0.3 is 21.6 Å². The molecule has 0 heterocycles. The van der Waals surface area contributed by atoms with E-state index < -0.39 is 21.6 Å². The molecule has 0 aliphatic carbocycles. The Morgan fingerprint density at radius 2 is 1.62 bits per heavy atom. The molecule has 0 aromatic heterocycles. The molecule has 0 amide bonds. The smallest absolute Gasteiger partial charge is 0.465 e. The molecule has 0 aliphatic heterocycles. The second-order valence-corrected chi connectivity index (χ2v) is 5.49. The molecule has 118 valence electrons. The number of ether oxygens (including phenoxy) is 1. The topological polar surface area (TPSA) is 78.9 Å². The maximum Gasteiger partial charge on any atom is 0.526 e. The van der Waals surface area contributed by atoms with Gasteiger partial charge in [-0.1, -0.05) is 0 Å². The fourth-order valence-corrected chi connectivity index (χ4v) is 1.67. The minimum atomic E-state index is -5.87. The van der Waals surface area contributed by atoms with Gasteiger partial charge in [0, 0.05) is 0 Å². The van der Waals surface area contributed by atoms with Crippen molar-refractivity contribution in [1.29, 1.82) is 0 Å². The summed E-state index contributed by atoms with van der Waals surface area (Å²) in [5.41, 5.74) is -5.06. The Bertz CT molecular complexity index is 627. The van der Waals surface area contributed by atoms with E-state index in [2.05, 4.69) is 14.0 Å². The van der Waals surface area contributed by atoms with Crippen LogP contribution in [0.4, 0.5) is 13.2 Å². The quantitative estimate of drug-likeness (QED) is 0.365. The standard InChI is InChI=1S/C11H11F3O6S/c1-6-4-8(10(15)18-3)5-7(2)9(6)19-20-21(16,17)11(12,13)14/h4-5H,1-3H3. The Morgan fingerprint density at radius 1 is 1.14 bits per heavy atom. The van der Waals surface area contributed by atoms with E-state index in [1.807, 2.05) is 0 Å². The third-order valence-corrected chi connectivity index (χ3v) is 3.19. The Morgan fingerprint density at radius 3 is 2.00 bits per heavy atom. The maximum atomic E-state index is 12.1. The number of hydrogen-bond donors (Lipinski definition) is 0. The van der Waals surface area contributed by atoms with Gasteiger partial charge in [0.1, 0.15) is 0 Å². The Balaban J connectivity index is 3.04. The lowest BCUT2D eigenvalue weighted by Crippen LogP contribution is -2.27. The van der Waals surface area contributed by atoms with E-state index in [9.17, 15) is 26.4 Å². The maximum absolute atomic E-state index is 12.1. The van der Waals surface area contributed by atoms with E-state index in [1.165, 1.54) is 26.0 Å². The van der Waals surface area contributed by atoms with Crippen molar-refractivity contribution in [3.63, 3.8) is 0 Å². The summed E-state index contributed by atoms with van der Waals surface area (Å²) in [6, 6.07) is 2.52. The van der Waals surface area contributed by atoms with Gasteiger partial charge in [-0.25, -0.2) is 4.79 Å². The van der Waals surface area contributed by atoms with Crippen LogP contribution in [0.5, 0.6) is 5.75 Å². The van der Waals surface area contributed by atoms with Gasteiger partial charge in [0.25, 0.3) is 0 Å². The van der Waals surface area contributed by atoms with Crippen LogP contribution in [0.3, 0.4) is 0 Å². The van der Waals surface area contributed by atoms with Crippen LogP contribution in [-0.2, 0) is 19.2 Å². The average Bonchev–Trinajstić information content (AvgIpc) is 2.35. The van der Waals surface area contributed by atoms with E-state index in [0.29, 0.717) is 0 Å². The number of alkyl halides is 3. The zero-order valence-corrected chi connectivity index (χ0v) is 12.0. The highest BCUT2D eigenvalue weighted by Crippen LogP contribution is 2.29. The van der Waals surface area contributed by atoms with Gasteiger partial charge in [-0.3, -0.25) is 0 Å². The van der Waals surface area contributed by atoms with Crippen molar-refractivity contribution < 1.29 is 40.3 Å². The van der Waals surface area contributed by atoms with Gasteiger partial charge in [0.05, 0.1) is 12.7 Å². The van der Waals surface area contributed by atoms with Crippen molar-refractivity contribution in [3.8, 4) is 5.75 Å². The molecule has 0 fully saturated rings. The minimum absolute atomic E-state index is 0.138. The molecule has 21 heavy (non-hydrogen) atoms. The summed E-state index contributed by atoms with van der Waals surface area (Å²) in [7, 11) is -4.71. The molecule has 1 rings (SSSR count). The molecule has 0 atom stereocenters. The number of rotatable bonds is 4. The molecule has 1 aromatic carbocycles. The van der Waals surface area contributed by atoms with Gasteiger partial charge in [-0.05, 0) is 41.4 Å². The van der Waals surface area contributed by atoms with E-state index in [0.717, 1.165) is 7.11 Å². The van der Waals surface area contributed by atoms with Gasteiger partial charge in [0.15, 0.2) is 5.75 Å². The molecule has 0 spiro atoms. The average molecular weight is 328 g/mol. The molecule has 0 saturated carbocycles. The van der Waals surface area contributed by atoms with Crippen molar-refractivity contribution in [2.45, 2.75) is 19.4 Å². The monoisotopic (exact) mass is 328 g/mol. The normalized spacial score (nSPS) is 12.1. The van der Waals surface area contributed by atoms with E-state index in [4.69, 9.17) is 0 Å². The Kier molecular flexibility index (Phi) is 4.84. The van der Waals surface area contributed by atoms with Crippen molar-refractivity contribution in [3.05, 3.63) is 28.8 Å². The van der Waals surface area contributed by atoms with Crippen molar-refractivity contribution in [2.75, 3.05) is 7.11 Å². The van der Waals surface area contributed by atoms with E-state index >= 15 is 0 Å². The lowest BCUT2D eigenvalue weighted by atomic mass is 10.1. The number of carbonyl (C=O) groups is 1. The number of esters is 1. The molecular formula is C11H11F3O6S. The summed E-state index contributed by atoms with van der Waals surface area (Å²) in [5, 5.41) is 0. The van der Waals surface area contributed by atoms with Crippen LogP contribution in [0, 0.1) is 13.8 Å². The van der Waals surface area contributed by atoms with Crippen LogP contribution in [0.25, 0.3) is 0 Å². The lowest BCUT2D eigenvalue weighted by Gasteiger charge is -2.12. The summed E-state index contributed by atoms with van der Waals surface area (Å²) in [6.07, 6.45) is 0. The molecule has 1 aromatic rings. The van der Waals surface area contributed by atoms with Crippen LogP contribution in [0.2, 0.25) is 0 Å². The molecule has 10 heteroatoms. The highest BCUT2D eigenvalue weighted by atomic mass is 32.2. The van der Waals surface area contributed by atoms with Gasteiger partial charge in [0.2, 0.25) is 0 Å². The van der Waals surface area contributed by atoms with Crippen molar-refractivity contribution >= 4 is 16.1 Å². The highest BCUT2D eigenvalue weighted by Gasteiger charge is 2.49. The van der Waals surface area contributed by atoms with E-state index in [-0.39, 0.29) is 22.4 Å². The van der Waals surface area contributed by atoms with E-state index in [1.54, 1.807) is 0 Å². The number of aryl methyl sites for hydroxylation is 2. The molecule has 0 unspecified atom stereocenters. The molecular weight excluding hydrogens is 317 g/mol. The predicted molar refractivity (Wildman–Crippen MR) is 63.9 cm³/mol.